The van der Waals surface area contributed by atoms with Gasteiger partial charge in [-0.25, -0.2) is 19.6 Å². The van der Waals surface area contributed by atoms with E-state index in [1.165, 1.54) is 40.4 Å². The zero-order valence-electron chi connectivity index (χ0n) is 60.1. The Balaban J connectivity index is 0.759. The first-order valence-corrected chi connectivity index (χ1v) is 39.5. The van der Waals surface area contributed by atoms with Gasteiger partial charge in [-0.05, 0) is 223 Å². The van der Waals surface area contributed by atoms with Crippen LogP contribution in [-0.2, 0) is 44.7 Å². The smallest absolute Gasteiger partial charge is 0.330 e. The molecule has 0 atom stereocenters. The number of thioether (sulfide) groups is 2. The molecule has 13 rings (SSSR count). The van der Waals surface area contributed by atoms with E-state index in [9.17, 15) is 24.0 Å². The first-order chi connectivity index (χ1) is 52.8. The van der Waals surface area contributed by atoms with Crippen LogP contribution in [0.15, 0.2) is 201 Å². The second-order valence-corrected chi connectivity index (χ2v) is 30.3. The van der Waals surface area contributed by atoms with E-state index in [-0.39, 0.29) is 23.4 Å². The molecule has 108 heavy (non-hydrogen) atoms. The molecule has 22 heteroatoms. The Hall–Kier alpha value is -10.6. The van der Waals surface area contributed by atoms with Crippen molar-refractivity contribution in [1.82, 2.24) is 9.97 Å². The third-order valence-electron chi connectivity index (χ3n) is 19.4. The zero-order chi connectivity index (χ0) is 74.7. The van der Waals surface area contributed by atoms with E-state index in [2.05, 4.69) is 61.9 Å². The summed E-state index contributed by atoms with van der Waals surface area (Å²) in [7, 11) is 0. The third-order valence-corrected chi connectivity index (χ3v) is 22.9. The first kappa shape index (κ1) is 75.7. The normalized spacial score (nSPS) is 16.7. The van der Waals surface area contributed by atoms with E-state index in [1.54, 1.807) is 60.8 Å². The van der Waals surface area contributed by atoms with Crippen LogP contribution in [0.3, 0.4) is 0 Å². The van der Waals surface area contributed by atoms with Gasteiger partial charge in [0, 0.05) is 39.4 Å². The SMILES string of the molecule is C=CC(=O)OCCCCCCOc1ccc(OC(=O)C2CCC(C(=O)Oc3cc(/C=N/Nc4nc5ccccc5s4)c(OC(=O)C4CCC(C(=O)Oc5ccc(OCCCCCCOC(=O)C=C)cc5)CC4)c4c3S/C(=C(/c3ccc5c(c3)oc3ccccc35)c3ccc5cc(CCC)ccc5n3)S4)CC2)cc1. The number of hydrogen-bond acceptors (Lipinski definition) is 22. The molecule has 0 unspecified atom stereocenters. The Kier molecular flexibility index (Phi) is 25.8. The van der Waals surface area contributed by atoms with Gasteiger partial charge in [0.1, 0.15) is 39.9 Å². The molecule has 2 fully saturated rings. The number of anilines is 1. The van der Waals surface area contributed by atoms with E-state index < -0.39 is 47.5 Å². The van der Waals surface area contributed by atoms with Crippen molar-refractivity contribution in [2.75, 3.05) is 31.9 Å². The number of aryl methyl sites for hydroxylation is 1. The minimum absolute atomic E-state index is 0.201. The quantitative estimate of drug-likeness (QED) is 0.0100. The molecule has 3 aliphatic rings. The zero-order valence-corrected chi connectivity index (χ0v) is 62.6. The van der Waals surface area contributed by atoms with Gasteiger partial charge < -0.3 is 42.3 Å². The van der Waals surface area contributed by atoms with Gasteiger partial charge in [-0.2, -0.15) is 5.10 Å². The Morgan fingerprint density at radius 2 is 1.07 bits per heavy atom. The predicted octanol–water partition coefficient (Wildman–Crippen LogP) is 19.7. The maximum atomic E-state index is 15.1. The molecule has 19 nitrogen and oxygen atoms in total. The van der Waals surface area contributed by atoms with Crippen molar-refractivity contribution < 1.29 is 71.1 Å². The predicted molar refractivity (Wildman–Crippen MR) is 421 cm³/mol. The average molecular weight is 1510 g/mol. The fourth-order valence-corrected chi connectivity index (χ4v) is 17.1. The highest BCUT2D eigenvalue weighted by Crippen LogP contribution is 2.62. The van der Waals surface area contributed by atoms with Crippen LogP contribution in [0.5, 0.6) is 34.5 Å². The Labute approximate surface area is 638 Å². The van der Waals surface area contributed by atoms with Crippen LogP contribution >= 0.6 is 34.9 Å². The van der Waals surface area contributed by atoms with Gasteiger partial charge in [0.15, 0.2) is 5.75 Å². The monoisotopic (exact) mass is 1510 g/mol. The maximum absolute atomic E-state index is 15.1. The first-order valence-electron chi connectivity index (χ1n) is 37.0. The Morgan fingerprint density at radius 1 is 0.528 bits per heavy atom. The molecule has 0 radical (unpaired) electrons. The summed E-state index contributed by atoms with van der Waals surface area (Å²) in [4.78, 5) is 91.3. The lowest BCUT2D eigenvalue weighted by atomic mass is 9.82. The summed E-state index contributed by atoms with van der Waals surface area (Å²) in [6.45, 7) is 10.7. The number of furan rings is 1. The van der Waals surface area contributed by atoms with E-state index in [4.69, 9.17) is 57.4 Å². The van der Waals surface area contributed by atoms with E-state index in [0.717, 1.165) is 129 Å². The van der Waals surface area contributed by atoms with Crippen LogP contribution in [-0.4, -0.2) is 78.4 Å². The Morgan fingerprint density at radius 3 is 1.68 bits per heavy atom. The van der Waals surface area contributed by atoms with E-state index in [0.29, 0.717) is 133 Å². The lowest BCUT2D eigenvalue weighted by Gasteiger charge is -2.27. The summed E-state index contributed by atoms with van der Waals surface area (Å²) in [5.41, 5.74) is 9.94. The van der Waals surface area contributed by atoms with Gasteiger partial charge in [0.05, 0.1) is 91.8 Å². The van der Waals surface area contributed by atoms with Crippen LogP contribution in [0, 0.1) is 23.7 Å². The average Bonchev–Trinajstić information content (AvgIpc) is 1.59. The molecular weight excluding hydrogens is 1430 g/mol. The van der Waals surface area contributed by atoms with Gasteiger partial charge >= 0.3 is 35.8 Å². The number of para-hydroxylation sites is 2. The number of ether oxygens (including phenoxy) is 8. The van der Waals surface area contributed by atoms with Crippen LogP contribution in [0.1, 0.15) is 138 Å². The van der Waals surface area contributed by atoms with Crippen LogP contribution < -0.4 is 33.8 Å². The second kappa shape index (κ2) is 36.8. The number of hydrogen-bond donors (Lipinski definition) is 1. The molecule has 2 aliphatic carbocycles. The molecule has 1 aliphatic heterocycles. The Bertz CT molecular complexity index is 4960. The molecule has 1 N–H and O–H groups in total. The third kappa shape index (κ3) is 19.4. The molecule has 7 aromatic carbocycles. The number of fused-ring (bicyclic) bond motifs is 6. The molecule has 0 saturated heterocycles. The van der Waals surface area contributed by atoms with Gasteiger partial charge in [0.25, 0.3) is 0 Å². The standard InChI is InChI=1S/C86H84N4O15S3/c1-4-19-54-24-44-68-59(50-54)34-45-70(88-68)77(60-33-43-67-66-20-11-13-22-71(66)103-72(67)51-60)85-107-79-73(104-83(95)57-29-25-55(26-30-57)81(93)101-64-39-35-62(36-40-64)97-46-15-7-9-17-48-99-75(91)5-2)52-61(53-87-90-86-89-69-21-12-14-23-74(69)106-86)78(80(79)108-85)105-84(96)58-31-27-56(28-32-58)82(94)102-65-41-37-63(38-42-65)98-47-16-8-10-18-49-100-76(92)6-3/h5-6,11-14,20-24,33-45,50-53,55-58H,2-4,7-10,15-19,25-32,46-49H2,1H3,(H,89,90)/b85-77+,87-53+. The summed E-state index contributed by atoms with van der Waals surface area (Å²) in [5.74, 6) is -2.16. The van der Waals surface area contributed by atoms with Crippen LogP contribution in [0.2, 0.25) is 0 Å². The minimum Gasteiger partial charge on any atom is -0.494 e. The molecule has 0 spiro atoms. The van der Waals surface area contributed by atoms with Gasteiger partial charge in [-0.15, -0.1) is 0 Å². The number of hydrazone groups is 1. The van der Waals surface area contributed by atoms with Crippen molar-refractivity contribution in [2.24, 2.45) is 28.8 Å². The highest BCUT2D eigenvalue weighted by Gasteiger charge is 2.39. The summed E-state index contributed by atoms with van der Waals surface area (Å²) in [6, 6.07) is 48.0. The molecule has 0 bridgehead atoms. The van der Waals surface area contributed by atoms with Crippen molar-refractivity contribution in [3.8, 4) is 34.5 Å². The van der Waals surface area contributed by atoms with Crippen molar-refractivity contribution in [3.63, 3.8) is 0 Å². The van der Waals surface area contributed by atoms with Crippen molar-refractivity contribution in [3.05, 3.63) is 204 Å². The van der Waals surface area contributed by atoms with Crippen LogP contribution in [0.25, 0.3) is 48.6 Å². The molecule has 10 aromatic rings. The summed E-state index contributed by atoms with van der Waals surface area (Å²) in [6.07, 6.45) is 15.6. The molecule has 2 saturated carbocycles. The number of pyridine rings is 1. The minimum atomic E-state index is -0.589. The lowest BCUT2D eigenvalue weighted by Crippen LogP contribution is -2.31. The largest absolute Gasteiger partial charge is 0.494 e. The van der Waals surface area contributed by atoms with Crippen LogP contribution in [0.4, 0.5) is 5.13 Å². The number of thiazole rings is 1. The highest BCUT2D eigenvalue weighted by molar-refractivity contribution is 8.25. The fraction of sp³-hybridized carbons (Fsp3) is 0.314. The highest BCUT2D eigenvalue weighted by atomic mass is 32.2. The summed E-state index contributed by atoms with van der Waals surface area (Å²) < 4.78 is 55.4. The molecule has 0 amide bonds. The number of nitrogens with zero attached hydrogens (tertiary/aromatic N) is 3. The van der Waals surface area contributed by atoms with Gasteiger partial charge in [0.2, 0.25) is 5.13 Å². The maximum Gasteiger partial charge on any atom is 0.330 e. The number of aromatic nitrogens is 2. The summed E-state index contributed by atoms with van der Waals surface area (Å²) in [5, 5.41) is 8.17. The molecule has 556 valence electrons. The number of carbonyl (C=O) groups excluding carboxylic acids is 6. The number of nitrogens with one attached hydrogen (secondary N) is 1. The van der Waals surface area contributed by atoms with Gasteiger partial charge in [-0.1, -0.05) is 110 Å². The van der Waals surface area contributed by atoms with Crippen molar-refractivity contribution in [1.29, 1.82) is 0 Å². The second-order valence-electron chi connectivity index (χ2n) is 27.0. The number of carbonyl (C=O) groups is 6. The topological polar surface area (TPSA) is 240 Å². The number of benzene rings is 7. The lowest BCUT2D eigenvalue weighted by molar-refractivity contribution is -0.145. The van der Waals surface area contributed by atoms with Gasteiger partial charge in [-0.3, -0.25) is 24.6 Å². The summed E-state index contributed by atoms with van der Waals surface area (Å²) >= 11 is 4.20. The molecular formula is C86H84N4O15S3. The van der Waals surface area contributed by atoms with E-state index >= 15 is 4.79 Å². The molecule has 4 heterocycles. The van der Waals surface area contributed by atoms with Crippen molar-refractivity contribution >= 4 is 131 Å². The number of esters is 6. The number of rotatable bonds is 33. The number of unbranched alkanes of at least 4 members (excludes halogenated alkanes) is 6. The van der Waals surface area contributed by atoms with E-state index in [1.807, 2.05) is 60.7 Å². The van der Waals surface area contributed by atoms with Crippen molar-refractivity contribution in [2.45, 2.75) is 132 Å². The molecule has 3 aromatic heterocycles. The fourth-order valence-electron chi connectivity index (χ4n) is 13.6.